The third kappa shape index (κ3) is 5.10. The zero-order chi connectivity index (χ0) is 24.3. The maximum absolute atomic E-state index is 13.7. The SMILES string of the molecule is C[C@H](NC(=O)CN(c1ccc(F)c(Cl)c1)S(=O)(=O)c1ccccc1)c1ccc2c(c1)OCCO2. The second-order valence-electron chi connectivity index (χ2n) is 7.62. The lowest BCUT2D eigenvalue weighted by molar-refractivity contribution is -0.120. The first kappa shape index (κ1) is 23.8. The highest BCUT2D eigenvalue weighted by atomic mass is 35.5. The predicted octanol–water partition coefficient (Wildman–Crippen LogP) is 4.32. The summed E-state index contributed by atoms with van der Waals surface area (Å²) in [5.41, 5.74) is 0.831. The number of anilines is 1. The minimum Gasteiger partial charge on any atom is -0.486 e. The van der Waals surface area contributed by atoms with E-state index in [9.17, 15) is 17.6 Å². The van der Waals surface area contributed by atoms with Gasteiger partial charge in [-0.05, 0) is 55.0 Å². The van der Waals surface area contributed by atoms with Crippen molar-refractivity contribution >= 4 is 33.2 Å². The Hall–Kier alpha value is -3.30. The molecule has 0 saturated heterocycles. The molecule has 3 aromatic carbocycles. The van der Waals surface area contributed by atoms with Crippen molar-refractivity contribution in [3.8, 4) is 11.5 Å². The molecule has 4 rings (SSSR count). The van der Waals surface area contributed by atoms with Gasteiger partial charge in [0.1, 0.15) is 25.6 Å². The molecule has 178 valence electrons. The smallest absolute Gasteiger partial charge is 0.264 e. The molecule has 34 heavy (non-hydrogen) atoms. The second-order valence-corrected chi connectivity index (χ2v) is 9.88. The van der Waals surface area contributed by atoms with Gasteiger partial charge in [-0.3, -0.25) is 9.10 Å². The van der Waals surface area contributed by atoms with E-state index in [0.717, 1.165) is 15.9 Å². The monoisotopic (exact) mass is 504 g/mol. The van der Waals surface area contributed by atoms with Gasteiger partial charge in [0, 0.05) is 0 Å². The predicted molar refractivity (Wildman–Crippen MR) is 126 cm³/mol. The van der Waals surface area contributed by atoms with Crippen LogP contribution in [0.1, 0.15) is 18.5 Å². The molecule has 0 radical (unpaired) electrons. The van der Waals surface area contributed by atoms with Crippen LogP contribution in [0.5, 0.6) is 11.5 Å². The van der Waals surface area contributed by atoms with Gasteiger partial charge < -0.3 is 14.8 Å². The van der Waals surface area contributed by atoms with Crippen LogP contribution in [0.25, 0.3) is 0 Å². The minimum atomic E-state index is -4.14. The van der Waals surface area contributed by atoms with Crippen LogP contribution in [0, 0.1) is 5.82 Å². The molecule has 0 saturated carbocycles. The lowest BCUT2D eigenvalue weighted by Gasteiger charge is -2.25. The molecule has 0 unspecified atom stereocenters. The lowest BCUT2D eigenvalue weighted by Crippen LogP contribution is -2.41. The van der Waals surface area contributed by atoms with Crippen LogP contribution < -0.4 is 19.1 Å². The van der Waals surface area contributed by atoms with E-state index < -0.39 is 34.3 Å². The maximum Gasteiger partial charge on any atom is 0.264 e. The van der Waals surface area contributed by atoms with Crippen molar-refractivity contribution in [3.05, 3.63) is 83.1 Å². The molecule has 1 atom stereocenters. The van der Waals surface area contributed by atoms with Gasteiger partial charge in [-0.25, -0.2) is 12.8 Å². The summed E-state index contributed by atoms with van der Waals surface area (Å²) in [6, 6.07) is 16.1. The van der Waals surface area contributed by atoms with Crippen LogP contribution in [0.4, 0.5) is 10.1 Å². The molecular weight excluding hydrogens is 483 g/mol. The number of fused-ring (bicyclic) bond motifs is 1. The molecule has 0 aliphatic carbocycles. The third-order valence-electron chi connectivity index (χ3n) is 5.25. The normalized spacial score (nSPS) is 13.7. The lowest BCUT2D eigenvalue weighted by atomic mass is 10.1. The summed E-state index contributed by atoms with van der Waals surface area (Å²) >= 11 is 5.89. The Kier molecular flexibility index (Phi) is 6.95. The summed E-state index contributed by atoms with van der Waals surface area (Å²) in [5.74, 6) is -0.0394. The maximum atomic E-state index is 13.7. The zero-order valence-corrected chi connectivity index (χ0v) is 19.8. The van der Waals surface area contributed by atoms with Gasteiger partial charge in [0.15, 0.2) is 11.5 Å². The highest BCUT2D eigenvalue weighted by Crippen LogP contribution is 2.33. The Morgan fingerprint density at radius 3 is 2.47 bits per heavy atom. The molecule has 1 aliphatic heterocycles. The van der Waals surface area contributed by atoms with E-state index >= 15 is 0 Å². The fourth-order valence-corrected chi connectivity index (χ4v) is 5.11. The van der Waals surface area contributed by atoms with Crippen molar-refractivity contribution in [1.29, 1.82) is 0 Å². The van der Waals surface area contributed by atoms with Crippen LogP contribution in [0.15, 0.2) is 71.6 Å². The van der Waals surface area contributed by atoms with Gasteiger partial charge in [-0.15, -0.1) is 0 Å². The number of sulfonamides is 1. The fourth-order valence-electron chi connectivity index (χ4n) is 3.51. The number of hydrogen-bond acceptors (Lipinski definition) is 5. The molecule has 1 heterocycles. The van der Waals surface area contributed by atoms with Gasteiger partial charge >= 0.3 is 0 Å². The van der Waals surface area contributed by atoms with Crippen molar-refractivity contribution in [2.75, 3.05) is 24.1 Å². The Bertz CT molecular complexity index is 1300. The fraction of sp³-hybridized carbons (Fsp3) is 0.208. The Morgan fingerprint density at radius 1 is 1.06 bits per heavy atom. The van der Waals surface area contributed by atoms with E-state index in [1.54, 1.807) is 43.3 Å². The van der Waals surface area contributed by atoms with E-state index in [1.165, 1.54) is 24.3 Å². The number of carbonyl (C=O) groups is 1. The van der Waals surface area contributed by atoms with Crippen LogP contribution in [0.3, 0.4) is 0 Å². The first-order chi connectivity index (χ1) is 16.3. The first-order valence-corrected chi connectivity index (χ1v) is 12.3. The average Bonchev–Trinajstić information content (AvgIpc) is 2.84. The molecule has 10 heteroatoms. The first-order valence-electron chi connectivity index (χ1n) is 10.5. The Labute approximate surface area is 202 Å². The standard InChI is InChI=1S/C24H22ClFN2O5S/c1-16(17-7-10-22-23(13-17)33-12-11-32-22)27-24(29)15-28(18-8-9-21(26)20(25)14-18)34(30,31)19-5-3-2-4-6-19/h2-10,13-14,16H,11-12,15H2,1H3,(H,27,29)/t16-/m0/s1. The summed E-state index contributed by atoms with van der Waals surface area (Å²) in [6.45, 7) is 2.14. The van der Waals surface area contributed by atoms with E-state index in [-0.39, 0.29) is 15.6 Å². The number of ether oxygens (including phenoxy) is 2. The summed E-state index contributed by atoms with van der Waals surface area (Å²) < 4.78 is 52.4. The van der Waals surface area contributed by atoms with Crippen molar-refractivity contribution in [2.45, 2.75) is 17.9 Å². The molecule has 0 spiro atoms. The number of amides is 1. The largest absolute Gasteiger partial charge is 0.486 e. The van der Waals surface area contributed by atoms with E-state index in [4.69, 9.17) is 21.1 Å². The number of nitrogens with zero attached hydrogens (tertiary/aromatic N) is 1. The van der Waals surface area contributed by atoms with Crippen molar-refractivity contribution in [2.24, 2.45) is 0 Å². The summed E-state index contributed by atoms with van der Waals surface area (Å²) in [6.07, 6.45) is 0. The van der Waals surface area contributed by atoms with Gasteiger partial charge in [0.25, 0.3) is 10.0 Å². The zero-order valence-electron chi connectivity index (χ0n) is 18.2. The molecule has 1 aliphatic rings. The van der Waals surface area contributed by atoms with E-state index in [0.29, 0.717) is 24.7 Å². The van der Waals surface area contributed by atoms with Crippen molar-refractivity contribution in [1.82, 2.24) is 5.32 Å². The third-order valence-corrected chi connectivity index (χ3v) is 7.33. The molecule has 1 N–H and O–H groups in total. The molecular formula is C24H22ClFN2O5S. The molecule has 1 amide bonds. The van der Waals surface area contributed by atoms with Gasteiger partial charge in [0.2, 0.25) is 5.91 Å². The Balaban J connectivity index is 1.58. The molecule has 7 nitrogen and oxygen atoms in total. The number of rotatable bonds is 7. The molecule has 3 aromatic rings. The highest BCUT2D eigenvalue weighted by molar-refractivity contribution is 7.92. The topological polar surface area (TPSA) is 84.9 Å². The van der Waals surface area contributed by atoms with Crippen molar-refractivity contribution < 1.29 is 27.1 Å². The van der Waals surface area contributed by atoms with E-state index in [2.05, 4.69) is 5.32 Å². The summed E-state index contributed by atoms with van der Waals surface area (Å²) in [4.78, 5) is 12.9. The summed E-state index contributed by atoms with van der Waals surface area (Å²) in [5, 5.41) is 2.55. The van der Waals surface area contributed by atoms with Crippen LogP contribution in [-0.2, 0) is 14.8 Å². The summed E-state index contributed by atoms with van der Waals surface area (Å²) in [7, 11) is -4.14. The van der Waals surface area contributed by atoms with E-state index in [1.807, 2.05) is 0 Å². The average molecular weight is 505 g/mol. The minimum absolute atomic E-state index is 0.0110. The molecule has 0 aromatic heterocycles. The molecule has 0 bridgehead atoms. The number of benzene rings is 3. The highest BCUT2D eigenvalue weighted by Gasteiger charge is 2.28. The number of halogens is 2. The number of nitrogens with one attached hydrogen (secondary N) is 1. The van der Waals surface area contributed by atoms with Gasteiger partial charge in [-0.2, -0.15) is 0 Å². The number of carbonyl (C=O) groups excluding carboxylic acids is 1. The quantitative estimate of drug-likeness (QED) is 0.518. The van der Waals surface area contributed by atoms with Crippen molar-refractivity contribution in [3.63, 3.8) is 0 Å². The second kappa shape index (κ2) is 9.90. The van der Waals surface area contributed by atoms with Crippen LogP contribution in [-0.4, -0.2) is 34.1 Å². The van der Waals surface area contributed by atoms with Gasteiger partial charge in [0.05, 0.1) is 21.6 Å². The van der Waals surface area contributed by atoms with Gasteiger partial charge in [-0.1, -0.05) is 35.9 Å². The molecule has 0 fully saturated rings. The number of hydrogen-bond donors (Lipinski definition) is 1. The van der Waals surface area contributed by atoms with Crippen LogP contribution >= 0.6 is 11.6 Å². The van der Waals surface area contributed by atoms with Crippen LogP contribution in [0.2, 0.25) is 5.02 Å². The Morgan fingerprint density at radius 2 is 1.76 bits per heavy atom.